The molecule has 1 rings (SSSR count). The van der Waals surface area contributed by atoms with E-state index in [1.54, 1.807) is 19.1 Å². The molecule has 0 aliphatic rings. The van der Waals surface area contributed by atoms with Crippen molar-refractivity contribution in [3.05, 3.63) is 21.3 Å². The van der Waals surface area contributed by atoms with E-state index in [2.05, 4.69) is 10.6 Å². The third-order valence-corrected chi connectivity index (χ3v) is 4.07. The van der Waals surface area contributed by atoms with Crippen LogP contribution in [0.4, 0.5) is 4.79 Å². The second kappa shape index (κ2) is 7.84. The van der Waals surface area contributed by atoms with E-state index in [0.29, 0.717) is 4.34 Å². The highest BCUT2D eigenvalue weighted by Gasteiger charge is 2.21. The molecule has 0 aliphatic heterocycles. The van der Waals surface area contributed by atoms with Crippen molar-refractivity contribution >= 4 is 40.8 Å². The molecule has 1 heterocycles. The average molecular weight is 334 g/mol. The topological polar surface area (TPSA) is 122 Å². The molecule has 1 aromatic rings. The Morgan fingerprint density at radius 1 is 1.38 bits per heavy atom. The van der Waals surface area contributed by atoms with E-state index in [-0.39, 0.29) is 18.9 Å². The van der Waals surface area contributed by atoms with Crippen molar-refractivity contribution in [2.24, 2.45) is 5.73 Å². The first-order valence-electron chi connectivity index (χ1n) is 6.13. The summed E-state index contributed by atoms with van der Waals surface area (Å²) >= 11 is 7.13. The Bertz CT molecular complexity index is 534. The smallest absolute Gasteiger partial charge is 0.326 e. The summed E-state index contributed by atoms with van der Waals surface area (Å²) in [4.78, 5) is 34.3. The van der Waals surface area contributed by atoms with Crippen LogP contribution in [0.2, 0.25) is 4.34 Å². The van der Waals surface area contributed by atoms with Crippen molar-refractivity contribution in [1.82, 2.24) is 10.6 Å². The largest absolute Gasteiger partial charge is 0.480 e. The van der Waals surface area contributed by atoms with Gasteiger partial charge in [0.05, 0.1) is 10.4 Å². The highest BCUT2D eigenvalue weighted by atomic mass is 35.5. The van der Waals surface area contributed by atoms with Gasteiger partial charge >= 0.3 is 12.0 Å². The van der Waals surface area contributed by atoms with Crippen LogP contribution in [0, 0.1) is 0 Å². The lowest BCUT2D eigenvalue weighted by molar-refractivity contribution is -0.139. The second-order valence-corrected chi connectivity index (χ2v) is 6.12. The van der Waals surface area contributed by atoms with Crippen LogP contribution in [0.15, 0.2) is 12.1 Å². The van der Waals surface area contributed by atoms with Gasteiger partial charge in [0.2, 0.25) is 5.91 Å². The average Bonchev–Trinajstić information content (AvgIpc) is 2.80. The number of thiophene rings is 1. The number of nitrogens with one attached hydrogen (secondary N) is 2. The van der Waals surface area contributed by atoms with Crippen molar-refractivity contribution < 1.29 is 19.5 Å². The fourth-order valence-corrected chi connectivity index (χ4v) is 2.64. The minimum atomic E-state index is -1.22. The highest BCUT2D eigenvalue weighted by molar-refractivity contribution is 7.16. The number of halogens is 1. The summed E-state index contributed by atoms with van der Waals surface area (Å²) in [5.41, 5.74) is 4.96. The molecule has 0 spiro atoms. The Kier molecular flexibility index (Phi) is 6.44. The maximum atomic E-state index is 11.8. The first-order valence-corrected chi connectivity index (χ1v) is 7.32. The molecule has 21 heavy (non-hydrogen) atoms. The summed E-state index contributed by atoms with van der Waals surface area (Å²) in [6, 6.07) is 1.37. The van der Waals surface area contributed by atoms with E-state index in [9.17, 15) is 14.4 Å². The van der Waals surface area contributed by atoms with Crippen LogP contribution in [0.25, 0.3) is 0 Å². The van der Waals surface area contributed by atoms with E-state index in [4.69, 9.17) is 22.4 Å². The van der Waals surface area contributed by atoms with Crippen LogP contribution in [-0.2, 0) is 9.59 Å². The summed E-state index contributed by atoms with van der Waals surface area (Å²) in [6.45, 7) is 1.75. The van der Waals surface area contributed by atoms with Gasteiger partial charge in [-0.3, -0.25) is 4.79 Å². The standard InChI is InChI=1S/C12H16ClN3O4S/c1-6(8-3-4-9(13)21-8)15-12(20)16-7(11(18)19)2-5-10(14)17/h3-4,6-7H,2,5H2,1H3,(H2,14,17)(H,18,19)(H2,15,16,20)/t6?,7-/m1/s1. The van der Waals surface area contributed by atoms with Gasteiger partial charge in [-0.05, 0) is 25.5 Å². The Morgan fingerprint density at radius 3 is 2.52 bits per heavy atom. The lowest BCUT2D eigenvalue weighted by atomic mass is 10.1. The number of hydrogen-bond donors (Lipinski definition) is 4. The maximum absolute atomic E-state index is 11.8. The fraction of sp³-hybridized carbons (Fsp3) is 0.417. The van der Waals surface area contributed by atoms with Gasteiger partial charge in [0.15, 0.2) is 0 Å². The lowest BCUT2D eigenvalue weighted by Crippen LogP contribution is -2.46. The summed E-state index contributed by atoms with van der Waals surface area (Å²) < 4.78 is 0.601. The summed E-state index contributed by atoms with van der Waals surface area (Å²) in [7, 11) is 0. The van der Waals surface area contributed by atoms with Gasteiger partial charge in [-0.25, -0.2) is 9.59 Å². The predicted octanol–water partition coefficient (Wildman–Crippen LogP) is 1.48. The molecule has 0 bridgehead atoms. The van der Waals surface area contributed by atoms with Crippen LogP contribution in [0.3, 0.4) is 0 Å². The predicted molar refractivity (Wildman–Crippen MR) is 79.3 cm³/mol. The molecule has 0 radical (unpaired) electrons. The van der Waals surface area contributed by atoms with Crippen LogP contribution in [0.1, 0.15) is 30.7 Å². The molecule has 3 amide bonds. The fourth-order valence-electron chi connectivity index (χ4n) is 1.57. The van der Waals surface area contributed by atoms with Crippen LogP contribution in [-0.4, -0.2) is 29.1 Å². The van der Waals surface area contributed by atoms with E-state index in [1.165, 1.54) is 11.3 Å². The number of primary amides is 1. The molecule has 0 aliphatic carbocycles. The quantitative estimate of drug-likeness (QED) is 0.603. The molecule has 1 unspecified atom stereocenters. The van der Waals surface area contributed by atoms with Gasteiger partial charge < -0.3 is 21.5 Å². The molecule has 7 nitrogen and oxygen atoms in total. The minimum Gasteiger partial charge on any atom is -0.480 e. The van der Waals surface area contributed by atoms with Gasteiger partial charge in [0, 0.05) is 11.3 Å². The van der Waals surface area contributed by atoms with E-state index in [1.807, 2.05) is 0 Å². The number of aliphatic carboxylic acids is 1. The Balaban J connectivity index is 2.53. The van der Waals surface area contributed by atoms with Crippen molar-refractivity contribution in [2.75, 3.05) is 0 Å². The zero-order valence-electron chi connectivity index (χ0n) is 11.3. The zero-order chi connectivity index (χ0) is 16.0. The zero-order valence-corrected chi connectivity index (χ0v) is 12.8. The second-order valence-electron chi connectivity index (χ2n) is 4.38. The van der Waals surface area contributed by atoms with Crippen molar-refractivity contribution in [1.29, 1.82) is 0 Å². The summed E-state index contributed by atoms with van der Waals surface area (Å²) in [5, 5.41) is 13.9. The molecule has 9 heteroatoms. The first-order chi connectivity index (χ1) is 9.79. The molecule has 5 N–H and O–H groups in total. The molecule has 2 atom stereocenters. The minimum absolute atomic E-state index is 0.0582. The molecule has 0 fully saturated rings. The third-order valence-electron chi connectivity index (χ3n) is 2.65. The van der Waals surface area contributed by atoms with E-state index >= 15 is 0 Å². The van der Waals surface area contributed by atoms with Gasteiger partial charge in [-0.2, -0.15) is 0 Å². The molecule has 116 valence electrons. The number of amides is 3. The normalized spacial score (nSPS) is 13.2. The number of urea groups is 1. The maximum Gasteiger partial charge on any atom is 0.326 e. The number of carbonyl (C=O) groups is 3. The Labute approximate surface area is 130 Å². The van der Waals surface area contributed by atoms with Crippen molar-refractivity contribution in [2.45, 2.75) is 31.8 Å². The number of nitrogens with two attached hydrogens (primary N) is 1. The van der Waals surface area contributed by atoms with Gasteiger partial charge in [0.25, 0.3) is 0 Å². The molecule has 0 saturated carbocycles. The molecular formula is C12H16ClN3O4S. The first kappa shape index (κ1) is 17.3. The van der Waals surface area contributed by atoms with E-state index < -0.39 is 23.9 Å². The number of carboxylic acid groups (broad SMARTS) is 1. The van der Waals surface area contributed by atoms with Crippen LogP contribution >= 0.6 is 22.9 Å². The van der Waals surface area contributed by atoms with Crippen molar-refractivity contribution in [3.8, 4) is 0 Å². The molecular weight excluding hydrogens is 318 g/mol. The van der Waals surface area contributed by atoms with Gasteiger partial charge in [-0.15, -0.1) is 11.3 Å². The molecule has 1 aromatic heterocycles. The van der Waals surface area contributed by atoms with Gasteiger partial charge in [0.1, 0.15) is 6.04 Å². The van der Waals surface area contributed by atoms with Crippen LogP contribution in [0.5, 0.6) is 0 Å². The Morgan fingerprint density at radius 2 is 2.05 bits per heavy atom. The third kappa shape index (κ3) is 6.01. The molecule has 0 saturated heterocycles. The summed E-state index contributed by atoms with van der Waals surface area (Å²) in [6.07, 6.45) is -0.176. The van der Waals surface area contributed by atoms with Crippen molar-refractivity contribution in [3.63, 3.8) is 0 Å². The highest BCUT2D eigenvalue weighted by Crippen LogP contribution is 2.26. The lowest BCUT2D eigenvalue weighted by Gasteiger charge is -2.17. The van der Waals surface area contributed by atoms with Gasteiger partial charge in [-0.1, -0.05) is 11.6 Å². The van der Waals surface area contributed by atoms with E-state index in [0.717, 1.165) is 4.88 Å². The number of rotatable bonds is 7. The number of carbonyl (C=O) groups excluding carboxylic acids is 2. The SMILES string of the molecule is CC(NC(=O)N[C@H](CCC(N)=O)C(=O)O)c1ccc(Cl)s1. The summed E-state index contributed by atoms with van der Waals surface area (Å²) in [5.74, 6) is -1.84. The monoisotopic (exact) mass is 333 g/mol. The number of carboxylic acids is 1. The van der Waals surface area contributed by atoms with Crippen LogP contribution < -0.4 is 16.4 Å². The molecule has 0 aromatic carbocycles. The Hall–Kier alpha value is -1.80. The number of hydrogen-bond acceptors (Lipinski definition) is 4.